The van der Waals surface area contributed by atoms with Gasteiger partial charge in [0.25, 0.3) is 0 Å². The second-order valence-electron chi connectivity index (χ2n) is 5.78. The van der Waals surface area contributed by atoms with E-state index in [9.17, 15) is 0 Å². The lowest BCUT2D eigenvalue weighted by atomic mass is 10.1. The molecular formula is C16H26BrNO. The van der Waals surface area contributed by atoms with Crippen LogP contribution in [0.25, 0.3) is 0 Å². The molecule has 0 spiro atoms. The second kappa shape index (κ2) is 7.91. The zero-order valence-electron chi connectivity index (χ0n) is 12.7. The minimum atomic E-state index is 0.475. The summed E-state index contributed by atoms with van der Waals surface area (Å²) >= 11 is 3.56. The van der Waals surface area contributed by atoms with Gasteiger partial charge in [-0.05, 0) is 37.0 Å². The molecule has 1 aromatic rings. The fourth-order valence-electron chi connectivity index (χ4n) is 1.85. The van der Waals surface area contributed by atoms with E-state index in [1.807, 2.05) is 0 Å². The maximum absolute atomic E-state index is 6.01. The first-order valence-electron chi connectivity index (χ1n) is 7.05. The number of halogens is 1. The Labute approximate surface area is 126 Å². The molecule has 1 N–H and O–H groups in total. The summed E-state index contributed by atoms with van der Waals surface area (Å²) in [5.41, 5.74) is 2.42. The van der Waals surface area contributed by atoms with Crippen molar-refractivity contribution in [2.75, 3.05) is 6.61 Å². The van der Waals surface area contributed by atoms with Crippen molar-refractivity contribution in [3.05, 3.63) is 27.7 Å². The third-order valence-corrected chi connectivity index (χ3v) is 3.42. The molecule has 0 aromatic heterocycles. The summed E-state index contributed by atoms with van der Waals surface area (Å²) in [5.74, 6) is 1.71. The first-order chi connectivity index (χ1) is 8.90. The van der Waals surface area contributed by atoms with Crippen molar-refractivity contribution in [2.24, 2.45) is 5.92 Å². The van der Waals surface area contributed by atoms with E-state index in [1.54, 1.807) is 0 Å². The Hall–Kier alpha value is -0.540. The molecule has 1 aromatic carbocycles. The minimum absolute atomic E-state index is 0.475. The van der Waals surface area contributed by atoms with E-state index in [0.717, 1.165) is 29.8 Å². The molecule has 0 atom stereocenters. The van der Waals surface area contributed by atoms with Gasteiger partial charge in [-0.2, -0.15) is 0 Å². The van der Waals surface area contributed by atoms with E-state index in [1.165, 1.54) is 11.1 Å². The van der Waals surface area contributed by atoms with Crippen LogP contribution in [-0.4, -0.2) is 12.6 Å². The van der Waals surface area contributed by atoms with Crippen molar-refractivity contribution >= 4 is 15.9 Å². The highest BCUT2D eigenvalue weighted by Crippen LogP contribution is 2.28. The number of rotatable bonds is 7. The van der Waals surface area contributed by atoms with E-state index in [0.29, 0.717) is 12.0 Å². The SMILES string of the molecule is Cc1cc(Br)cc(CNC(C)C)c1OCCC(C)C. The molecule has 0 saturated carbocycles. The minimum Gasteiger partial charge on any atom is -0.493 e. The Morgan fingerprint density at radius 3 is 2.47 bits per heavy atom. The highest BCUT2D eigenvalue weighted by Gasteiger charge is 2.10. The Morgan fingerprint density at radius 1 is 1.21 bits per heavy atom. The van der Waals surface area contributed by atoms with Gasteiger partial charge in [-0.1, -0.05) is 43.6 Å². The molecular weight excluding hydrogens is 302 g/mol. The fraction of sp³-hybridized carbons (Fsp3) is 0.625. The molecule has 0 amide bonds. The van der Waals surface area contributed by atoms with Gasteiger partial charge in [-0.15, -0.1) is 0 Å². The van der Waals surface area contributed by atoms with Gasteiger partial charge in [0.15, 0.2) is 0 Å². The quantitative estimate of drug-likeness (QED) is 0.785. The summed E-state index contributed by atoms with van der Waals surface area (Å²) in [4.78, 5) is 0. The van der Waals surface area contributed by atoms with E-state index in [4.69, 9.17) is 4.74 Å². The molecule has 0 unspecified atom stereocenters. The average Bonchev–Trinajstić information content (AvgIpc) is 2.28. The van der Waals surface area contributed by atoms with Crippen LogP contribution in [0.2, 0.25) is 0 Å². The topological polar surface area (TPSA) is 21.3 Å². The molecule has 0 fully saturated rings. The van der Waals surface area contributed by atoms with Gasteiger partial charge in [-0.25, -0.2) is 0 Å². The molecule has 1 rings (SSSR count). The number of benzene rings is 1. The molecule has 0 aliphatic rings. The van der Waals surface area contributed by atoms with Crippen LogP contribution in [0.4, 0.5) is 0 Å². The van der Waals surface area contributed by atoms with Crippen molar-refractivity contribution < 1.29 is 4.74 Å². The van der Waals surface area contributed by atoms with Gasteiger partial charge in [0, 0.05) is 22.6 Å². The number of hydrogen-bond donors (Lipinski definition) is 1. The van der Waals surface area contributed by atoms with Gasteiger partial charge >= 0.3 is 0 Å². The van der Waals surface area contributed by atoms with Crippen molar-refractivity contribution in [1.29, 1.82) is 0 Å². The molecule has 2 nitrogen and oxygen atoms in total. The summed E-state index contributed by atoms with van der Waals surface area (Å²) in [5, 5.41) is 3.45. The maximum atomic E-state index is 6.01. The van der Waals surface area contributed by atoms with Crippen LogP contribution in [0.1, 0.15) is 45.2 Å². The van der Waals surface area contributed by atoms with E-state index in [2.05, 4.69) is 68.0 Å². The number of hydrogen-bond acceptors (Lipinski definition) is 2. The predicted octanol–water partition coefficient (Wildman–Crippen LogP) is 4.68. The first kappa shape index (κ1) is 16.5. The lowest BCUT2D eigenvalue weighted by Gasteiger charge is -2.17. The zero-order valence-corrected chi connectivity index (χ0v) is 14.3. The Morgan fingerprint density at radius 2 is 1.89 bits per heavy atom. The van der Waals surface area contributed by atoms with Crippen molar-refractivity contribution in [3.63, 3.8) is 0 Å². The Bertz CT molecular complexity index is 402. The number of aryl methyl sites for hydroxylation is 1. The van der Waals surface area contributed by atoms with Crippen LogP contribution in [0.5, 0.6) is 5.75 Å². The average molecular weight is 328 g/mol. The third-order valence-electron chi connectivity index (χ3n) is 2.96. The van der Waals surface area contributed by atoms with Crippen LogP contribution < -0.4 is 10.1 Å². The van der Waals surface area contributed by atoms with Gasteiger partial charge < -0.3 is 10.1 Å². The summed E-state index contributed by atoms with van der Waals surface area (Å²) in [6, 6.07) is 4.74. The van der Waals surface area contributed by atoms with Gasteiger partial charge in [0.1, 0.15) is 5.75 Å². The third kappa shape index (κ3) is 5.96. The second-order valence-corrected chi connectivity index (χ2v) is 6.69. The van der Waals surface area contributed by atoms with Crippen molar-refractivity contribution in [2.45, 2.75) is 53.6 Å². The van der Waals surface area contributed by atoms with Crippen LogP contribution in [0, 0.1) is 12.8 Å². The van der Waals surface area contributed by atoms with Gasteiger partial charge in [-0.3, -0.25) is 0 Å². The zero-order chi connectivity index (χ0) is 14.4. The van der Waals surface area contributed by atoms with Crippen LogP contribution in [-0.2, 0) is 6.54 Å². The molecule has 3 heteroatoms. The van der Waals surface area contributed by atoms with Crippen molar-refractivity contribution in [3.8, 4) is 5.75 Å². The molecule has 0 radical (unpaired) electrons. The van der Waals surface area contributed by atoms with Gasteiger partial charge in [0.2, 0.25) is 0 Å². The molecule has 0 heterocycles. The molecule has 0 aliphatic carbocycles. The van der Waals surface area contributed by atoms with Crippen LogP contribution in [0.15, 0.2) is 16.6 Å². The molecule has 19 heavy (non-hydrogen) atoms. The van der Waals surface area contributed by atoms with Crippen LogP contribution >= 0.6 is 15.9 Å². The van der Waals surface area contributed by atoms with E-state index in [-0.39, 0.29) is 0 Å². The first-order valence-corrected chi connectivity index (χ1v) is 7.84. The summed E-state index contributed by atoms with van der Waals surface area (Å²) in [6.45, 7) is 12.5. The fourth-order valence-corrected chi connectivity index (χ4v) is 2.47. The van der Waals surface area contributed by atoms with Crippen LogP contribution in [0.3, 0.4) is 0 Å². The highest BCUT2D eigenvalue weighted by atomic mass is 79.9. The Balaban J connectivity index is 2.80. The summed E-state index contributed by atoms with van der Waals surface area (Å²) in [6.07, 6.45) is 1.09. The molecule has 0 bridgehead atoms. The molecule has 0 aliphatic heterocycles. The lowest BCUT2D eigenvalue weighted by molar-refractivity contribution is 0.284. The standard InChI is InChI=1S/C16H26BrNO/c1-11(2)6-7-19-16-13(5)8-15(17)9-14(16)10-18-12(3)4/h8-9,11-12,18H,6-7,10H2,1-5H3. The maximum Gasteiger partial charge on any atom is 0.126 e. The van der Waals surface area contributed by atoms with E-state index >= 15 is 0 Å². The molecule has 108 valence electrons. The summed E-state index contributed by atoms with van der Waals surface area (Å²) in [7, 11) is 0. The van der Waals surface area contributed by atoms with E-state index < -0.39 is 0 Å². The number of nitrogens with one attached hydrogen (secondary N) is 1. The lowest BCUT2D eigenvalue weighted by Crippen LogP contribution is -2.22. The number of ether oxygens (including phenoxy) is 1. The predicted molar refractivity (Wildman–Crippen MR) is 85.8 cm³/mol. The molecule has 0 saturated heterocycles. The Kier molecular flexibility index (Phi) is 6.87. The largest absolute Gasteiger partial charge is 0.493 e. The van der Waals surface area contributed by atoms with Crippen molar-refractivity contribution in [1.82, 2.24) is 5.32 Å². The summed E-state index contributed by atoms with van der Waals surface area (Å²) < 4.78 is 7.12. The normalized spacial score (nSPS) is 11.4. The monoisotopic (exact) mass is 327 g/mol. The smallest absolute Gasteiger partial charge is 0.126 e. The van der Waals surface area contributed by atoms with Gasteiger partial charge in [0.05, 0.1) is 6.61 Å². The highest BCUT2D eigenvalue weighted by molar-refractivity contribution is 9.10.